The molecule has 0 heterocycles. The highest BCUT2D eigenvalue weighted by atomic mass is 16.3. The predicted molar refractivity (Wildman–Crippen MR) is 69.9 cm³/mol. The Morgan fingerprint density at radius 3 is 2.53 bits per heavy atom. The number of rotatable bonds is 8. The smallest absolute Gasteiger partial charge is 0.221 e. The van der Waals surface area contributed by atoms with Crippen molar-refractivity contribution >= 4 is 5.91 Å². The van der Waals surface area contributed by atoms with Crippen LogP contribution in [0.5, 0.6) is 0 Å². The summed E-state index contributed by atoms with van der Waals surface area (Å²) < 4.78 is 0. The Morgan fingerprint density at radius 2 is 2.06 bits per heavy atom. The molecule has 0 saturated heterocycles. The van der Waals surface area contributed by atoms with Crippen molar-refractivity contribution in [1.82, 2.24) is 15.5 Å². The third kappa shape index (κ3) is 9.09. The van der Waals surface area contributed by atoms with Gasteiger partial charge in [-0.05, 0) is 34.5 Å². The van der Waals surface area contributed by atoms with Gasteiger partial charge in [0.2, 0.25) is 5.91 Å². The number of carbonyl (C=O) groups is 1. The van der Waals surface area contributed by atoms with Crippen LogP contribution in [0.15, 0.2) is 0 Å². The summed E-state index contributed by atoms with van der Waals surface area (Å²) in [5.74, 6) is -0.0301. The predicted octanol–water partition coefficient (Wildman–Crippen LogP) is -0.197. The number of likely N-dealkylation sites (N-methyl/N-ethyl adjacent to an activating group) is 1. The third-order valence-electron chi connectivity index (χ3n) is 2.37. The molecule has 0 aromatic heterocycles. The van der Waals surface area contributed by atoms with Crippen LogP contribution in [0.4, 0.5) is 0 Å². The third-order valence-corrected chi connectivity index (χ3v) is 2.37. The molecule has 0 aromatic rings. The summed E-state index contributed by atoms with van der Waals surface area (Å²) in [4.78, 5) is 13.5. The van der Waals surface area contributed by atoms with Gasteiger partial charge >= 0.3 is 0 Å². The topological polar surface area (TPSA) is 64.6 Å². The number of carbonyl (C=O) groups excluding carboxylic acids is 1. The van der Waals surface area contributed by atoms with Crippen LogP contribution in [0.3, 0.4) is 0 Å². The summed E-state index contributed by atoms with van der Waals surface area (Å²) >= 11 is 0. The van der Waals surface area contributed by atoms with Crippen LogP contribution >= 0.6 is 0 Å². The molecule has 0 aliphatic heterocycles. The second kappa shape index (κ2) is 7.63. The molecular weight excluding hydrogens is 218 g/mol. The first-order valence-corrected chi connectivity index (χ1v) is 6.14. The lowest BCUT2D eigenvalue weighted by Gasteiger charge is -2.27. The van der Waals surface area contributed by atoms with E-state index in [-0.39, 0.29) is 18.5 Å². The van der Waals surface area contributed by atoms with Crippen LogP contribution in [0, 0.1) is 0 Å². The van der Waals surface area contributed by atoms with Crippen molar-refractivity contribution in [3.8, 4) is 0 Å². The lowest BCUT2D eigenvalue weighted by molar-refractivity contribution is -0.122. The quantitative estimate of drug-likeness (QED) is 0.554. The molecule has 2 atom stereocenters. The van der Waals surface area contributed by atoms with E-state index in [9.17, 15) is 9.90 Å². The molecule has 0 aliphatic rings. The summed E-state index contributed by atoms with van der Waals surface area (Å²) in [7, 11) is 3.78. The first-order valence-electron chi connectivity index (χ1n) is 6.14. The van der Waals surface area contributed by atoms with Gasteiger partial charge in [-0.25, -0.2) is 0 Å². The van der Waals surface area contributed by atoms with Crippen LogP contribution in [0.1, 0.15) is 27.2 Å². The molecule has 102 valence electrons. The van der Waals surface area contributed by atoms with E-state index >= 15 is 0 Å². The number of aliphatic hydroxyl groups is 1. The summed E-state index contributed by atoms with van der Waals surface area (Å²) in [6.07, 6.45) is 0.436. The van der Waals surface area contributed by atoms with E-state index in [0.29, 0.717) is 13.0 Å². The van der Waals surface area contributed by atoms with Crippen LogP contribution < -0.4 is 10.6 Å². The van der Waals surface area contributed by atoms with Gasteiger partial charge in [-0.2, -0.15) is 0 Å². The molecule has 5 heteroatoms. The molecule has 0 aliphatic carbocycles. The lowest BCUT2D eigenvalue weighted by Crippen LogP contribution is -2.47. The number of hydrogen-bond acceptors (Lipinski definition) is 4. The van der Waals surface area contributed by atoms with Gasteiger partial charge in [0.05, 0.1) is 5.60 Å². The molecule has 2 unspecified atom stereocenters. The molecule has 0 saturated carbocycles. The van der Waals surface area contributed by atoms with Crippen LogP contribution in [-0.4, -0.2) is 61.3 Å². The van der Waals surface area contributed by atoms with Crippen molar-refractivity contribution in [3.63, 3.8) is 0 Å². The Kier molecular flexibility index (Phi) is 7.34. The van der Waals surface area contributed by atoms with Crippen molar-refractivity contribution in [3.05, 3.63) is 0 Å². The monoisotopic (exact) mass is 245 g/mol. The second-order valence-electron chi connectivity index (χ2n) is 5.17. The minimum Gasteiger partial charge on any atom is -0.387 e. The average Bonchev–Trinajstić information content (AvgIpc) is 2.13. The first-order chi connectivity index (χ1) is 7.76. The molecule has 0 fully saturated rings. The summed E-state index contributed by atoms with van der Waals surface area (Å²) in [5, 5.41) is 15.9. The van der Waals surface area contributed by atoms with Crippen LogP contribution in [0.25, 0.3) is 0 Å². The number of nitrogens with zero attached hydrogens (tertiary/aromatic N) is 1. The minimum atomic E-state index is -0.888. The molecule has 0 aromatic carbocycles. The van der Waals surface area contributed by atoms with Crippen molar-refractivity contribution < 1.29 is 9.90 Å². The van der Waals surface area contributed by atoms with E-state index in [1.165, 1.54) is 0 Å². The maximum atomic E-state index is 11.6. The van der Waals surface area contributed by atoms with E-state index in [1.807, 2.05) is 32.8 Å². The van der Waals surface area contributed by atoms with Crippen molar-refractivity contribution in [2.75, 3.05) is 33.7 Å². The maximum Gasteiger partial charge on any atom is 0.221 e. The van der Waals surface area contributed by atoms with Crippen LogP contribution in [0.2, 0.25) is 0 Å². The largest absolute Gasteiger partial charge is 0.387 e. The van der Waals surface area contributed by atoms with Gasteiger partial charge in [0.1, 0.15) is 0 Å². The van der Waals surface area contributed by atoms with E-state index in [1.54, 1.807) is 6.92 Å². The fourth-order valence-electron chi connectivity index (χ4n) is 1.80. The Hall–Kier alpha value is -0.650. The minimum absolute atomic E-state index is 0.0301. The zero-order valence-electron chi connectivity index (χ0n) is 11.7. The van der Waals surface area contributed by atoms with E-state index in [0.717, 1.165) is 6.54 Å². The molecule has 3 N–H and O–H groups in total. The Bertz CT molecular complexity index is 230. The standard InChI is InChI=1S/C12H27N3O2/c1-6-13-10(2)7-11(16)14-8-12(3,17)9-15(4)5/h10,13,17H,6-9H2,1-5H3,(H,14,16). The number of hydrogen-bond donors (Lipinski definition) is 3. The molecule has 1 amide bonds. The molecule has 17 heavy (non-hydrogen) atoms. The SMILES string of the molecule is CCNC(C)CC(=O)NCC(C)(O)CN(C)C. The first kappa shape index (κ1) is 16.4. The summed E-state index contributed by atoms with van der Waals surface area (Å²) in [6.45, 7) is 7.37. The van der Waals surface area contributed by atoms with Gasteiger partial charge in [0, 0.05) is 25.6 Å². The van der Waals surface area contributed by atoms with Gasteiger partial charge < -0.3 is 20.6 Å². The second-order valence-corrected chi connectivity index (χ2v) is 5.17. The molecule has 5 nitrogen and oxygen atoms in total. The molecule has 0 radical (unpaired) electrons. The number of nitrogens with one attached hydrogen (secondary N) is 2. The summed E-state index contributed by atoms with van der Waals surface area (Å²) in [5.41, 5.74) is -0.888. The molecule has 0 spiro atoms. The Labute approximate surface area is 105 Å². The van der Waals surface area contributed by atoms with Gasteiger partial charge in [-0.3, -0.25) is 4.79 Å². The van der Waals surface area contributed by atoms with Gasteiger partial charge in [-0.15, -0.1) is 0 Å². The van der Waals surface area contributed by atoms with Gasteiger partial charge in [0.15, 0.2) is 0 Å². The highest BCUT2D eigenvalue weighted by molar-refractivity contribution is 5.76. The van der Waals surface area contributed by atoms with E-state index in [2.05, 4.69) is 10.6 Å². The van der Waals surface area contributed by atoms with E-state index in [4.69, 9.17) is 0 Å². The molecular formula is C12H27N3O2. The highest BCUT2D eigenvalue weighted by Gasteiger charge is 2.22. The average molecular weight is 245 g/mol. The maximum absolute atomic E-state index is 11.6. The van der Waals surface area contributed by atoms with Crippen molar-refractivity contribution in [2.45, 2.75) is 38.8 Å². The highest BCUT2D eigenvalue weighted by Crippen LogP contribution is 2.02. The lowest BCUT2D eigenvalue weighted by atomic mass is 10.1. The fraction of sp³-hybridized carbons (Fsp3) is 0.917. The summed E-state index contributed by atoms with van der Waals surface area (Å²) in [6, 6.07) is 0.166. The van der Waals surface area contributed by atoms with Gasteiger partial charge in [0.25, 0.3) is 0 Å². The van der Waals surface area contributed by atoms with Crippen molar-refractivity contribution in [1.29, 1.82) is 0 Å². The molecule has 0 rings (SSSR count). The van der Waals surface area contributed by atoms with Gasteiger partial charge in [-0.1, -0.05) is 6.92 Å². The van der Waals surface area contributed by atoms with E-state index < -0.39 is 5.60 Å². The Morgan fingerprint density at radius 1 is 1.47 bits per heavy atom. The molecule has 0 bridgehead atoms. The number of amides is 1. The Balaban J connectivity index is 3.90. The fourth-order valence-corrected chi connectivity index (χ4v) is 1.80. The van der Waals surface area contributed by atoms with Crippen LogP contribution in [-0.2, 0) is 4.79 Å². The normalized spacial score (nSPS) is 16.6. The van der Waals surface area contributed by atoms with Crippen molar-refractivity contribution in [2.24, 2.45) is 0 Å². The zero-order chi connectivity index (χ0) is 13.5. The zero-order valence-corrected chi connectivity index (χ0v) is 11.7.